The third kappa shape index (κ3) is 5.59. The number of hydrogen-bond donors (Lipinski definition) is 2. The first kappa shape index (κ1) is 22.9. The van der Waals surface area contributed by atoms with E-state index in [4.69, 9.17) is 16.7 Å². The van der Waals surface area contributed by atoms with Gasteiger partial charge in [-0.05, 0) is 48.0 Å². The molecule has 156 valence electrons. The molecule has 0 atom stereocenters. The van der Waals surface area contributed by atoms with Gasteiger partial charge in [0, 0.05) is 27.9 Å². The molecule has 0 saturated carbocycles. The number of amides is 1. The molecule has 3 rings (SSSR count). The number of hydrogen-bond acceptors (Lipinski definition) is 3. The number of nitrogens with one attached hydrogen (secondary N) is 2. The van der Waals surface area contributed by atoms with Crippen LogP contribution in [0.25, 0.3) is 11.1 Å². The van der Waals surface area contributed by atoms with Crippen molar-refractivity contribution in [2.75, 3.05) is 5.32 Å². The van der Waals surface area contributed by atoms with Gasteiger partial charge in [0.2, 0.25) is 5.91 Å². The Morgan fingerprint density at radius 1 is 1.07 bits per heavy atom. The van der Waals surface area contributed by atoms with Crippen molar-refractivity contribution in [3.05, 3.63) is 82.6 Å². The van der Waals surface area contributed by atoms with Gasteiger partial charge in [0.1, 0.15) is 6.42 Å². The highest BCUT2D eigenvalue weighted by Gasteiger charge is 2.17. The Labute approximate surface area is 175 Å². The Kier molecular flexibility index (Phi) is 7.57. The first-order valence-electron chi connectivity index (χ1n) is 8.55. The molecule has 0 saturated heterocycles. The van der Waals surface area contributed by atoms with Crippen LogP contribution < -0.4 is 10.3 Å². The second-order valence-electron chi connectivity index (χ2n) is 6.24. The van der Waals surface area contributed by atoms with E-state index in [-0.39, 0.29) is 28.9 Å². The van der Waals surface area contributed by atoms with Gasteiger partial charge >= 0.3 is 5.97 Å². The molecule has 0 radical (unpaired) electrons. The summed E-state index contributed by atoms with van der Waals surface area (Å²) in [6.45, 7) is 0. The number of carbonyl (C=O) groups excluding carboxylic acids is 1. The molecule has 30 heavy (non-hydrogen) atoms. The van der Waals surface area contributed by atoms with Crippen molar-refractivity contribution in [2.45, 2.75) is 12.8 Å². The van der Waals surface area contributed by atoms with Gasteiger partial charge in [0.05, 0.1) is 5.56 Å². The molecule has 0 bridgehead atoms. The number of benzene rings is 2. The first-order chi connectivity index (χ1) is 13.8. The maximum atomic E-state index is 13.2. The SMILES string of the molecule is O=C(Cc1ccc(-c2cc(Cl)ccc2C(F)F)c[nH+]1)Nc1ccc(C(=O)O)cc1.[OH-]. The zero-order chi connectivity index (χ0) is 21.0. The van der Waals surface area contributed by atoms with Gasteiger partial charge in [0.25, 0.3) is 6.43 Å². The van der Waals surface area contributed by atoms with Crippen molar-refractivity contribution < 1.29 is 33.9 Å². The lowest BCUT2D eigenvalue weighted by Gasteiger charge is -2.08. The van der Waals surface area contributed by atoms with E-state index in [9.17, 15) is 18.4 Å². The minimum atomic E-state index is -2.64. The fourth-order valence-corrected chi connectivity index (χ4v) is 2.95. The molecule has 0 aliphatic carbocycles. The summed E-state index contributed by atoms with van der Waals surface area (Å²) in [5.41, 5.74) is 1.88. The van der Waals surface area contributed by atoms with Gasteiger partial charge in [-0.25, -0.2) is 18.6 Å². The summed E-state index contributed by atoms with van der Waals surface area (Å²) in [5, 5.41) is 11.9. The summed E-state index contributed by atoms with van der Waals surface area (Å²) in [5.74, 6) is -1.36. The number of aromatic nitrogens is 1. The van der Waals surface area contributed by atoms with Crippen LogP contribution in [-0.4, -0.2) is 22.5 Å². The molecule has 9 heteroatoms. The molecule has 1 amide bonds. The van der Waals surface area contributed by atoms with Gasteiger partial charge in [-0.15, -0.1) is 0 Å². The van der Waals surface area contributed by atoms with Crippen molar-refractivity contribution in [1.29, 1.82) is 0 Å². The molecule has 1 aromatic heterocycles. The van der Waals surface area contributed by atoms with Crippen LogP contribution >= 0.6 is 11.6 Å². The minimum Gasteiger partial charge on any atom is -0.870 e. The predicted octanol–water partition coefficient (Wildman–Crippen LogP) is 4.46. The van der Waals surface area contributed by atoms with E-state index in [0.717, 1.165) is 0 Å². The largest absolute Gasteiger partial charge is 0.870 e. The third-order valence-electron chi connectivity index (χ3n) is 4.21. The second kappa shape index (κ2) is 9.91. The Morgan fingerprint density at radius 3 is 2.33 bits per heavy atom. The number of carboxylic acids is 1. The lowest BCUT2D eigenvalue weighted by Crippen LogP contribution is -2.20. The van der Waals surface area contributed by atoms with E-state index in [1.54, 1.807) is 18.3 Å². The summed E-state index contributed by atoms with van der Waals surface area (Å²) in [4.78, 5) is 26.0. The summed E-state index contributed by atoms with van der Waals surface area (Å²) >= 11 is 5.94. The van der Waals surface area contributed by atoms with Gasteiger partial charge in [-0.3, -0.25) is 4.79 Å². The zero-order valence-corrected chi connectivity index (χ0v) is 16.2. The van der Waals surface area contributed by atoms with Gasteiger partial charge in [-0.1, -0.05) is 17.7 Å². The van der Waals surface area contributed by atoms with Crippen LogP contribution in [0, 0.1) is 0 Å². The third-order valence-corrected chi connectivity index (χ3v) is 4.44. The molecule has 4 N–H and O–H groups in total. The fourth-order valence-electron chi connectivity index (χ4n) is 2.78. The topological polar surface area (TPSA) is 111 Å². The Hall–Kier alpha value is -3.36. The average Bonchev–Trinajstić information content (AvgIpc) is 2.68. The number of halogens is 3. The fraction of sp³-hybridized carbons (Fsp3) is 0.0952. The monoisotopic (exact) mass is 434 g/mol. The van der Waals surface area contributed by atoms with Crippen LogP contribution in [-0.2, 0) is 11.2 Å². The molecule has 0 aliphatic heterocycles. The van der Waals surface area contributed by atoms with Crippen LogP contribution in [0.5, 0.6) is 0 Å². The lowest BCUT2D eigenvalue weighted by molar-refractivity contribution is -0.388. The number of anilines is 1. The standard InChI is InChI=1S/C21H15ClF2N2O3.H2O/c22-14-4-8-17(20(23)24)18(9-14)13-3-7-16(25-11-13)10-19(27)26-15-5-1-12(2-6-15)21(28)29;/h1-9,11,20H,10H2,(H,26,27)(H,28,29);1H2. The number of pyridine rings is 1. The normalized spacial score (nSPS) is 10.4. The number of H-pyrrole nitrogens is 1. The van der Waals surface area contributed by atoms with Gasteiger partial charge < -0.3 is 15.9 Å². The summed E-state index contributed by atoms with van der Waals surface area (Å²) in [6.07, 6.45) is -1.07. The molecular formula is C21H17ClF2N2O4. The van der Waals surface area contributed by atoms with Crippen molar-refractivity contribution in [2.24, 2.45) is 0 Å². The zero-order valence-electron chi connectivity index (χ0n) is 15.4. The van der Waals surface area contributed by atoms with Crippen LogP contribution in [0.1, 0.15) is 28.0 Å². The van der Waals surface area contributed by atoms with E-state index in [1.165, 1.54) is 42.5 Å². The molecule has 6 nitrogen and oxygen atoms in total. The lowest BCUT2D eigenvalue weighted by atomic mass is 10.0. The maximum Gasteiger partial charge on any atom is 0.335 e. The van der Waals surface area contributed by atoms with E-state index in [2.05, 4.69) is 10.3 Å². The minimum absolute atomic E-state index is 0. The van der Waals surface area contributed by atoms with E-state index in [0.29, 0.717) is 27.5 Å². The van der Waals surface area contributed by atoms with Crippen LogP contribution in [0.2, 0.25) is 5.02 Å². The van der Waals surface area contributed by atoms with Gasteiger partial charge in [-0.2, -0.15) is 0 Å². The van der Waals surface area contributed by atoms with E-state index >= 15 is 0 Å². The quantitative estimate of drug-likeness (QED) is 0.596. The van der Waals surface area contributed by atoms with Crippen LogP contribution in [0.15, 0.2) is 60.8 Å². The summed E-state index contributed by atoms with van der Waals surface area (Å²) in [7, 11) is 0. The highest BCUT2D eigenvalue weighted by Crippen LogP contribution is 2.32. The summed E-state index contributed by atoms with van der Waals surface area (Å²) in [6, 6.07) is 13.2. The van der Waals surface area contributed by atoms with Crippen LogP contribution in [0.4, 0.5) is 14.5 Å². The number of alkyl halides is 2. The molecule has 0 fully saturated rings. The highest BCUT2D eigenvalue weighted by atomic mass is 35.5. The average molecular weight is 435 g/mol. The van der Waals surface area contributed by atoms with E-state index < -0.39 is 12.4 Å². The molecule has 0 spiro atoms. The predicted molar refractivity (Wildman–Crippen MR) is 106 cm³/mol. The van der Waals surface area contributed by atoms with Crippen molar-refractivity contribution in [3.63, 3.8) is 0 Å². The number of carboxylic acid groups (broad SMARTS) is 1. The Balaban J connectivity index is 0.00000320. The second-order valence-corrected chi connectivity index (χ2v) is 6.68. The number of rotatable bonds is 6. The molecule has 2 aromatic carbocycles. The van der Waals surface area contributed by atoms with Crippen molar-refractivity contribution in [3.8, 4) is 11.1 Å². The molecule has 3 aromatic rings. The number of aromatic carboxylic acids is 1. The van der Waals surface area contributed by atoms with Crippen LogP contribution in [0.3, 0.4) is 0 Å². The number of aromatic amines is 1. The molecule has 0 aliphatic rings. The van der Waals surface area contributed by atoms with E-state index in [1.807, 2.05) is 0 Å². The highest BCUT2D eigenvalue weighted by molar-refractivity contribution is 6.30. The first-order valence-corrected chi connectivity index (χ1v) is 8.93. The Morgan fingerprint density at radius 2 is 1.77 bits per heavy atom. The smallest absolute Gasteiger partial charge is 0.335 e. The molecule has 0 unspecified atom stereocenters. The molecular weight excluding hydrogens is 418 g/mol. The van der Waals surface area contributed by atoms with Gasteiger partial charge in [0.15, 0.2) is 11.9 Å². The maximum absolute atomic E-state index is 13.2. The Bertz CT molecular complexity index is 1040. The van der Waals surface area contributed by atoms with Crippen molar-refractivity contribution >= 4 is 29.2 Å². The van der Waals surface area contributed by atoms with Crippen molar-refractivity contribution in [1.82, 2.24) is 0 Å². The molecule has 1 heterocycles. The number of carbonyl (C=O) groups is 2. The summed E-state index contributed by atoms with van der Waals surface area (Å²) < 4.78 is 26.5.